The molecule has 0 N–H and O–H groups in total. The first-order chi connectivity index (χ1) is 12.8. The molecule has 0 aliphatic carbocycles. The van der Waals surface area contributed by atoms with Gasteiger partial charge in [0.2, 0.25) is 0 Å². The maximum atomic E-state index is 2.40. The van der Waals surface area contributed by atoms with Crippen LogP contribution in [-0.4, -0.2) is 13.1 Å². The topological polar surface area (TPSA) is 3.24 Å². The van der Waals surface area contributed by atoms with Crippen LogP contribution in [0.15, 0.2) is 84.9 Å². The van der Waals surface area contributed by atoms with E-state index in [2.05, 4.69) is 104 Å². The maximum absolute atomic E-state index is 2.40. The average Bonchev–Trinajstić information content (AvgIpc) is 3.46. The summed E-state index contributed by atoms with van der Waals surface area (Å²) < 4.78 is 0. The van der Waals surface area contributed by atoms with E-state index in [1.165, 1.54) is 32.7 Å². The summed E-state index contributed by atoms with van der Waals surface area (Å²) in [5.41, 5.74) is 4.05. The van der Waals surface area contributed by atoms with Gasteiger partial charge in [0.15, 0.2) is 0 Å². The van der Waals surface area contributed by atoms with Crippen molar-refractivity contribution in [1.29, 1.82) is 0 Å². The molecule has 3 aromatic rings. The Labute approximate surface area is 157 Å². The SMILES string of the molecule is CCN(CC)c1ccc(P2C(c3ccccc3)=C2c2ccccc2)cc1. The third kappa shape index (κ3) is 3.20. The van der Waals surface area contributed by atoms with Gasteiger partial charge in [-0.1, -0.05) is 72.8 Å². The van der Waals surface area contributed by atoms with Gasteiger partial charge in [0.25, 0.3) is 0 Å². The lowest BCUT2D eigenvalue weighted by Gasteiger charge is -2.21. The lowest BCUT2D eigenvalue weighted by Crippen LogP contribution is -2.21. The van der Waals surface area contributed by atoms with Crippen molar-refractivity contribution in [3.05, 3.63) is 96.1 Å². The zero-order chi connectivity index (χ0) is 17.9. The van der Waals surface area contributed by atoms with Crippen LogP contribution >= 0.6 is 7.92 Å². The minimum Gasteiger partial charge on any atom is -0.372 e. The number of hydrogen-bond acceptors (Lipinski definition) is 1. The van der Waals surface area contributed by atoms with Gasteiger partial charge in [-0.25, -0.2) is 0 Å². The van der Waals surface area contributed by atoms with Crippen molar-refractivity contribution in [2.75, 3.05) is 18.0 Å². The second-order valence-electron chi connectivity index (χ2n) is 6.45. The summed E-state index contributed by atoms with van der Waals surface area (Å²) in [6, 6.07) is 30.9. The highest BCUT2D eigenvalue weighted by molar-refractivity contribution is 7.94. The summed E-state index contributed by atoms with van der Waals surface area (Å²) in [5, 5.41) is 4.51. The van der Waals surface area contributed by atoms with Crippen molar-refractivity contribution in [2.24, 2.45) is 0 Å². The van der Waals surface area contributed by atoms with Crippen LogP contribution in [0.1, 0.15) is 25.0 Å². The van der Waals surface area contributed by atoms with Crippen LogP contribution in [0.4, 0.5) is 5.69 Å². The van der Waals surface area contributed by atoms with Gasteiger partial charge in [0.05, 0.1) is 0 Å². The van der Waals surface area contributed by atoms with E-state index in [1.54, 1.807) is 0 Å². The second kappa shape index (κ2) is 7.48. The van der Waals surface area contributed by atoms with Crippen molar-refractivity contribution in [1.82, 2.24) is 0 Å². The van der Waals surface area contributed by atoms with Crippen LogP contribution in [0.5, 0.6) is 0 Å². The molecule has 1 heterocycles. The molecule has 1 nitrogen and oxygen atoms in total. The van der Waals surface area contributed by atoms with E-state index in [0.717, 1.165) is 13.1 Å². The highest BCUT2D eigenvalue weighted by Crippen LogP contribution is 2.77. The molecule has 0 spiro atoms. The normalized spacial score (nSPS) is 13.8. The lowest BCUT2D eigenvalue weighted by atomic mass is 10.1. The highest BCUT2D eigenvalue weighted by Gasteiger charge is 2.39. The summed E-state index contributed by atoms with van der Waals surface area (Å²) in [4.78, 5) is 2.40. The molecule has 0 saturated carbocycles. The van der Waals surface area contributed by atoms with Crippen LogP contribution in [0.25, 0.3) is 10.6 Å². The van der Waals surface area contributed by atoms with Crippen molar-refractivity contribution < 1.29 is 0 Å². The van der Waals surface area contributed by atoms with Gasteiger partial charge >= 0.3 is 0 Å². The summed E-state index contributed by atoms with van der Waals surface area (Å²) in [6.07, 6.45) is 0. The largest absolute Gasteiger partial charge is 0.372 e. The monoisotopic (exact) mass is 357 g/mol. The Bertz CT molecular complexity index is 844. The Morgan fingerprint density at radius 3 is 1.50 bits per heavy atom. The molecule has 0 unspecified atom stereocenters. The number of benzene rings is 3. The number of hydrogen-bond donors (Lipinski definition) is 0. The van der Waals surface area contributed by atoms with Gasteiger partial charge < -0.3 is 4.90 Å². The molecule has 1 aliphatic rings. The first-order valence-corrected chi connectivity index (χ1v) is 10.7. The van der Waals surface area contributed by atoms with E-state index in [4.69, 9.17) is 0 Å². The minimum absolute atomic E-state index is 0.350. The Hall–Kier alpha value is -2.37. The Balaban J connectivity index is 1.68. The highest BCUT2D eigenvalue weighted by atomic mass is 31.1. The summed E-state index contributed by atoms with van der Waals surface area (Å²) in [5.74, 6) is 0. The number of anilines is 1. The van der Waals surface area contributed by atoms with Gasteiger partial charge in [-0.15, -0.1) is 0 Å². The van der Waals surface area contributed by atoms with E-state index in [1.807, 2.05) is 0 Å². The van der Waals surface area contributed by atoms with E-state index in [9.17, 15) is 0 Å². The number of rotatable bonds is 6. The van der Waals surface area contributed by atoms with Crippen LogP contribution < -0.4 is 10.2 Å². The predicted molar refractivity (Wildman–Crippen MR) is 116 cm³/mol. The summed E-state index contributed by atoms with van der Waals surface area (Å²) in [6.45, 7) is 6.52. The molecule has 0 saturated heterocycles. The summed E-state index contributed by atoms with van der Waals surface area (Å²) >= 11 is 0. The lowest BCUT2D eigenvalue weighted by molar-refractivity contribution is 0.866. The molecule has 0 bridgehead atoms. The van der Waals surface area contributed by atoms with Gasteiger partial charge in [-0.3, -0.25) is 0 Å². The molecule has 2 heteroatoms. The molecule has 0 amide bonds. The standard InChI is InChI=1S/C24H24NP/c1-3-25(4-2)21-15-17-22(18-16-21)26-23(19-11-7-5-8-12-19)24(26)20-13-9-6-10-14-20/h5-18H,3-4H2,1-2H3. The molecule has 4 rings (SSSR count). The fraction of sp³-hybridized carbons (Fsp3) is 0.167. The predicted octanol–water partition coefficient (Wildman–Crippen LogP) is 6.18. The molecule has 3 aromatic carbocycles. The van der Waals surface area contributed by atoms with E-state index in [0.29, 0.717) is 0 Å². The van der Waals surface area contributed by atoms with Gasteiger partial charge in [0, 0.05) is 29.4 Å². The van der Waals surface area contributed by atoms with Crippen molar-refractivity contribution in [3.8, 4) is 0 Å². The fourth-order valence-electron chi connectivity index (χ4n) is 3.55. The molecule has 0 atom stereocenters. The molecule has 26 heavy (non-hydrogen) atoms. The molecule has 130 valence electrons. The molecule has 1 aliphatic heterocycles. The average molecular weight is 357 g/mol. The maximum Gasteiger partial charge on any atom is 0.0366 e. The zero-order valence-electron chi connectivity index (χ0n) is 15.4. The smallest absolute Gasteiger partial charge is 0.0366 e. The Morgan fingerprint density at radius 2 is 1.08 bits per heavy atom. The molecule has 0 radical (unpaired) electrons. The van der Waals surface area contributed by atoms with Crippen LogP contribution in [0.2, 0.25) is 0 Å². The molecule has 0 aromatic heterocycles. The minimum atomic E-state index is -0.350. The fourth-order valence-corrected chi connectivity index (χ4v) is 6.06. The Kier molecular flexibility index (Phi) is 4.91. The third-order valence-corrected chi connectivity index (χ3v) is 7.40. The quantitative estimate of drug-likeness (QED) is 0.476. The van der Waals surface area contributed by atoms with Crippen LogP contribution in [0, 0.1) is 0 Å². The van der Waals surface area contributed by atoms with Crippen LogP contribution in [-0.2, 0) is 0 Å². The first kappa shape index (κ1) is 17.1. The van der Waals surface area contributed by atoms with Crippen LogP contribution in [0.3, 0.4) is 0 Å². The Morgan fingerprint density at radius 1 is 0.615 bits per heavy atom. The van der Waals surface area contributed by atoms with Gasteiger partial charge in [-0.2, -0.15) is 0 Å². The third-order valence-electron chi connectivity index (χ3n) is 4.95. The summed E-state index contributed by atoms with van der Waals surface area (Å²) in [7, 11) is -0.350. The van der Waals surface area contributed by atoms with Crippen molar-refractivity contribution in [2.45, 2.75) is 13.8 Å². The van der Waals surface area contributed by atoms with E-state index in [-0.39, 0.29) is 7.92 Å². The molecular formula is C24H24NP. The van der Waals surface area contributed by atoms with E-state index < -0.39 is 0 Å². The molecular weight excluding hydrogens is 333 g/mol. The van der Waals surface area contributed by atoms with Gasteiger partial charge in [0.1, 0.15) is 0 Å². The van der Waals surface area contributed by atoms with Gasteiger partial charge in [-0.05, 0) is 50.3 Å². The zero-order valence-corrected chi connectivity index (χ0v) is 16.3. The molecule has 0 fully saturated rings. The van der Waals surface area contributed by atoms with Crippen molar-refractivity contribution >= 4 is 29.5 Å². The van der Waals surface area contributed by atoms with Crippen molar-refractivity contribution in [3.63, 3.8) is 0 Å². The van der Waals surface area contributed by atoms with E-state index >= 15 is 0 Å². The first-order valence-electron chi connectivity index (χ1n) is 9.33. The second-order valence-corrected chi connectivity index (χ2v) is 8.54. The number of nitrogens with zero attached hydrogens (tertiary/aromatic N) is 1.